The molecule has 21 heavy (non-hydrogen) atoms. The summed E-state index contributed by atoms with van der Waals surface area (Å²) in [5.41, 5.74) is 1.94. The van der Waals surface area contributed by atoms with Gasteiger partial charge in [0.2, 0.25) is 0 Å². The molecule has 1 aromatic heterocycles. The molecule has 5 heteroatoms. The standard InChI is InChI=1S/C16H11ClFNO2/c1-21-14-6-5-9(7-12(14)17)15-11(8-20)10-3-2-4-13(18)16(10)19-15/h2-8,19H,1H3. The van der Waals surface area contributed by atoms with Crippen LogP contribution in [0.5, 0.6) is 5.75 Å². The maximum Gasteiger partial charge on any atom is 0.152 e. The summed E-state index contributed by atoms with van der Waals surface area (Å²) >= 11 is 6.10. The second-order valence-electron chi connectivity index (χ2n) is 4.54. The topological polar surface area (TPSA) is 42.1 Å². The maximum absolute atomic E-state index is 13.8. The van der Waals surface area contributed by atoms with E-state index in [1.165, 1.54) is 13.2 Å². The first kappa shape index (κ1) is 13.6. The summed E-state index contributed by atoms with van der Waals surface area (Å²) < 4.78 is 18.9. The second kappa shape index (κ2) is 5.22. The van der Waals surface area contributed by atoms with E-state index in [0.717, 1.165) is 0 Å². The minimum absolute atomic E-state index is 0.307. The van der Waals surface area contributed by atoms with E-state index in [0.29, 0.717) is 44.8 Å². The number of rotatable bonds is 3. The summed E-state index contributed by atoms with van der Waals surface area (Å²) in [7, 11) is 1.52. The molecule has 3 aromatic rings. The van der Waals surface area contributed by atoms with Crippen LogP contribution in [0.4, 0.5) is 4.39 Å². The number of H-pyrrole nitrogens is 1. The smallest absolute Gasteiger partial charge is 0.152 e. The third-order valence-corrected chi connectivity index (χ3v) is 3.68. The molecule has 0 bridgehead atoms. The zero-order chi connectivity index (χ0) is 15.0. The number of benzene rings is 2. The molecule has 0 saturated heterocycles. The van der Waals surface area contributed by atoms with E-state index in [4.69, 9.17) is 16.3 Å². The average molecular weight is 304 g/mol. The number of methoxy groups -OCH3 is 1. The van der Waals surface area contributed by atoms with Crippen molar-refractivity contribution in [2.45, 2.75) is 0 Å². The normalized spacial score (nSPS) is 10.8. The quantitative estimate of drug-likeness (QED) is 0.726. The van der Waals surface area contributed by atoms with E-state index >= 15 is 0 Å². The zero-order valence-electron chi connectivity index (χ0n) is 11.1. The molecular formula is C16H11ClFNO2. The van der Waals surface area contributed by atoms with Gasteiger partial charge in [-0.2, -0.15) is 0 Å². The SMILES string of the molecule is COc1ccc(-c2[nH]c3c(F)cccc3c2C=O)cc1Cl. The first-order valence-electron chi connectivity index (χ1n) is 6.25. The van der Waals surface area contributed by atoms with E-state index in [1.54, 1.807) is 30.3 Å². The van der Waals surface area contributed by atoms with Crippen molar-refractivity contribution in [3.63, 3.8) is 0 Å². The fourth-order valence-electron chi connectivity index (χ4n) is 2.37. The van der Waals surface area contributed by atoms with Gasteiger partial charge in [0.25, 0.3) is 0 Å². The van der Waals surface area contributed by atoms with Crippen molar-refractivity contribution in [1.82, 2.24) is 4.98 Å². The fourth-order valence-corrected chi connectivity index (χ4v) is 2.63. The Morgan fingerprint density at radius 1 is 1.29 bits per heavy atom. The van der Waals surface area contributed by atoms with Gasteiger partial charge in [-0.05, 0) is 24.3 Å². The van der Waals surface area contributed by atoms with Crippen LogP contribution in [-0.4, -0.2) is 18.4 Å². The molecule has 0 radical (unpaired) electrons. The number of aromatic amines is 1. The van der Waals surface area contributed by atoms with Crippen molar-refractivity contribution >= 4 is 28.8 Å². The molecular weight excluding hydrogens is 293 g/mol. The third kappa shape index (κ3) is 2.17. The summed E-state index contributed by atoms with van der Waals surface area (Å²) in [5.74, 6) is 0.136. The monoisotopic (exact) mass is 303 g/mol. The predicted octanol–water partition coefficient (Wildman–Crippen LogP) is 4.45. The maximum atomic E-state index is 13.8. The van der Waals surface area contributed by atoms with Gasteiger partial charge in [-0.3, -0.25) is 4.79 Å². The zero-order valence-corrected chi connectivity index (χ0v) is 11.9. The number of halogens is 2. The van der Waals surface area contributed by atoms with Crippen LogP contribution in [0.3, 0.4) is 0 Å². The Balaban J connectivity index is 2.27. The van der Waals surface area contributed by atoms with Gasteiger partial charge in [-0.25, -0.2) is 4.39 Å². The molecule has 1 N–H and O–H groups in total. The van der Waals surface area contributed by atoms with Crippen molar-refractivity contribution in [1.29, 1.82) is 0 Å². The van der Waals surface area contributed by atoms with Crippen LogP contribution in [0.25, 0.3) is 22.2 Å². The van der Waals surface area contributed by atoms with Crippen LogP contribution in [0.2, 0.25) is 5.02 Å². The molecule has 0 amide bonds. The molecule has 106 valence electrons. The van der Waals surface area contributed by atoms with Gasteiger partial charge in [0, 0.05) is 16.5 Å². The van der Waals surface area contributed by atoms with Gasteiger partial charge < -0.3 is 9.72 Å². The van der Waals surface area contributed by atoms with Crippen molar-refractivity contribution in [2.24, 2.45) is 0 Å². The lowest BCUT2D eigenvalue weighted by Crippen LogP contribution is -1.87. The molecule has 0 aliphatic heterocycles. The first-order valence-corrected chi connectivity index (χ1v) is 6.62. The molecule has 0 spiro atoms. The molecule has 2 aromatic carbocycles. The minimum atomic E-state index is -0.401. The van der Waals surface area contributed by atoms with Crippen molar-refractivity contribution in [3.8, 4) is 17.0 Å². The number of para-hydroxylation sites is 1. The number of fused-ring (bicyclic) bond motifs is 1. The van der Waals surface area contributed by atoms with Gasteiger partial charge >= 0.3 is 0 Å². The van der Waals surface area contributed by atoms with Crippen molar-refractivity contribution in [2.75, 3.05) is 7.11 Å². The molecule has 0 aliphatic carbocycles. The molecule has 0 fully saturated rings. The van der Waals surface area contributed by atoms with Gasteiger partial charge in [-0.15, -0.1) is 0 Å². The Morgan fingerprint density at radius 2 is 2.10 bits per heavy atom. The number of carbonyl (C=O) groups excluding carboxylic acids is 1. The highest BCUT2D eigenvalue weighted by molar-refractivity contribution is 6.32. The van der Waals surface area contributed by atoms with Crippen molar-refractivity contribution in [3.05, 3.63) is 52.8 Å². The minimum Gasteiger partial charge on any atom is -0.495 e. The number of hydrogen-bond donors (Lipinski definition) is 1. The summed E-state index contributed by atoms with van der Waals surface area (Å²) in [6.07, 6.45) is 0.714. The summed E-state index contributed by atoms with van der Waals surface area (Å²) in [6, 6.07) is 9.76. The van der Waals surface area contributed by atoms with E-state index < -0.39 is 5.82 Å². The van der Waals surface area contributed by atoms with E-state index in [9.17, 15) is 9.18 Å². The molecule has 0 saturated carbocycles. The molecule has 1 heterocycles. The third-order valence-electron chi connectivity index (χ3n) is 3.38. The Kier molecular flexibility index (Phi) is 3.39. The first-order chi connectivity index (χ1) is 10.2. The van der Waals surface area contributed by atoms with Gasteiger partial charge in [0.15, 0.2) is 6.29 Å². The molecule has 3 rings (SSSR count). The van der Waals surface area contributed by atoms with Crippen LogP contribution in [-0.2, 0) is 0 Å². The van der Waals surface area contributed by atoms with Crippen molar-refractivity contribution < 1.29 is 13.9 Å². The van der Waals surface area contributed by atoms with Gasteiger partial charge in [0.05, 0.1) is 23.3 Å². The van der Waals surface area contributed by atoms with Gasteiger partial charge in [-0.1, -0.05) is 23.7 Å². The lowest BCUT2D eigenvalue weighted by atomic mass is 10.1. The van der Waals surface area contributed by atoms with Crippen LogP contribution in [0.15, 0.2) is 36.4 Å². The lowest BCUT2D eigenvalue weighted by molar-refractivity contribution is 0.112. The number of carbonyl (C=O) groups is 1. The lowest BCUT2D eigenvalue weighted by Gasteiger charge is -2.05. The molecule has 0 atom stereocenters. The van der Waals surface area contributed by atoms with E-state index in [2.05, 4.69) is 4.98 Å². The summed E-state index contributed by atoms with van der Waals surface area (Å²) in [4.78, 5) is 14.4. The van der Waals surface area contributed by atoms with Crippen LogP contribution < -0.4 is 4.74 Å². The summed E-state index contributed by atoms with van der Waals surface area (Å²) in [5, 5.41) is 0.970. The molecule has 0 aliphatic rings. The van der Waals surface area contributed by atoms with Gasteiger partial charge in [0.1, 0.15) is 11.6 Å². The second-order valence-corrected chi connectivity index (χ2v) is 4.95. The Labute approximate surface area is 125 Å². The summed E-state index contributed by atoms with van der Waals surface area (Å²) in [6.45, 7) is 0. The number of aromatic nitrogens is 1. The Bertz CT molecular complexity index is 842. The molecule has 3 nitrogen and oxygen atoms in total. The fraction of sp³-hybridized carbons (Fsp3) is 0.0625. The average Bonchev–Trinajstić information content (AvgIpc) is 2.87. The van der Waals surface area contributed by atoms with Crippen LogP contribution in [0, 0.1) is 5.82 Å². The number of hydrogen-bond acceptors (Lipinski definition) is 2. The highest BCUT2D eigenvalue weighted by atomic mass is 35.5. The number of nitrogens with one attached hydrogen (secondary N) is 1. The molecule has 0 unspecified atom stereocenters. The van der Waals surface area contributed by atoms with E-state index in [-0.39, 0.29) is 0 Å². The number of ether oxygens (including phenoxy) is 1. The Hall–Kier alpha value is -2.33. The number of aldehydes is 1. The Morgan fingerprint density at radius 3 is 2.76 bits per heavy atom. The predicted molar refractivity (Wildman–Crippen MR) is 80.6 cm³/mol. The largest absolute Gasteiger partial charge is 0.495 e. The van der Waals surface area contributed by atoms with Crippen LogP contribution >= 0.6 is 11.6 Å². The highest BCUT2D eigenvalue weighted by Crippen LogP contribution is 2.34. The van der Waals surface area contributed by atoms with E-state index in [1.807, 2.05) is 0 Å². The van der Waals surface area contributed by atoms with Crippen LogP contribution in [0.1, 0.15) is 10.4 Å². The highest BCUT2D eigenvalue weighted by Gasteiger charge is 2.15.